The molecule has 0 atom stereocenters. The van der Waals surface area contributed by atoms with Crippen LogP contribution in [0.1, 0.15) is 15.4 Å². The van der Waals surface area contributed by atoms with Gasteiger partial charge in [0, 0.05) is 15.8 Å². The molecule has 3 aromatic heterocycles. The summed E-state index contributed by atoms with van der Waals surface area (Å²) in [4.78, 5) is 31.8. The molecular weight excluding hydrogens is 403 g/mol. The fourth-order valence-electron chi connectivity index (χ4n) is 3.57. The van der Waals surface area contributed by atoms with Gasteiger partial charge in [0.25, 0.3) is 5.56 Å². The molecule has 3 heterocycles. The number of furan rings is 1. The van der Waals surface area contributed by atoms with Gasteiger partial charge in [-0.15, -0.1) is 11.3 Å². The van der Waals surface area contributed by atoms with Crippen LogP contribution in [0.25, 0.3) is 32.3 Å². The van der Waals surface area contributed by atoms with Crippen molar-refractivity contribution in [2.75, 3.05) is 0 Å². The number of nitrogens with zero attached hydrogens (tertiary/aromatic N) is 2. The van der Waals surface area contributed by atoms with Crippen molar-refractivity contribution in [1.29, 1.82) is 0 Å². The van der Waals surface area contributed by atoms with Crippen molar-refractivity contribution in [3.05, 3.63) is 87.7 Å². The van der Waals surface area contributed by atoms with E-state index in [9.17, 15) is 14.0 Å². The second-order valence-corrected chi connectivity index (χ2v) is 8.17. The molecule has 0 saturated heterocycles. The normalized spacial score (nSPS) is 11.4. The molecule has 5 nitrogen and oxygen atoms in total. The molecule has 30 heavy (non-hydrogen) atoms. The van der Waals surface area contributed by atoms with Gasteiger partial charge in [-0.2, -0.15) is 0 Å². The van der Waals surface area contributed by atoms with Crippen LogP contribution in [-0.2, 0) is 6.54 Å². The summed E-state index contributed by atoms with van der Waals surface area (Å²) in [6.45, 7) is 1.72. The van der Waals surface area contributed by atoms with E-state index in [2.05, 4.69) is 4.98 Å². The first-order valence-corrected chi connectivity index (χ1v) is 10.1. The molecule has 0 aliphatic rings. The smallest absolute Gasteiger partial charge is 0.263 e. The second-order valence-electron chi connectivity index (χ2n) is 6.97. The number of carbonyl (C=O) groups is 1. The minimum atomic E-state index is -0.345. The van der Waals surface area contributed by atoms with E-state index in [4.69, 9.17) is 4.42 Å². The molecule has 7 heteroatoms. The summed E-state index contributed by atoms with van der Waals surface area (Å²) in [7, 11) is 0. The van der Waals surface area contributed by atoms with Gasteiger partial charge in [0.15, 0.2) is 5.76 Å². The molecule has 5 aromatic rings. The number of thiophene rings is 1. The maximum Gasteiger partial charge on any atom is 0.263 e. The lowest BCUT2D eigenvalue weighted by Crippen LogP contribution is -2.24. The molecule has 0 aliphatic carbocycles. The maximum absolute atomic E-state index is 13.3. The van der Waals surface area contributed by atoms with Crippen LogP contribution in [0.15, 0.2) is 70.1 Å². The van der Waals surface area contributed by atoms with Gasteiger partial charge in [0.1, 0.15) is 16.2 Å². The number of Topliss-reactive ketones (excluding diaryl/α,β-unsaturated/α-hetero) is 1. The Morgan fingerprint density at radius 3 is 2.70 bits per heavy atom. The number of hydrogen-bond donors (Lipinski definition) is 0. The molecule has 0 fully saturated rings. The first-order chi connectivity index (χ1) is 14.5. The minimum Gasteiger partial charge on any atom is -0.453 e. The van der Waals surface area contributed by atoms with Gasteiger partial charge >= 0.3 is 0 Å². The molecule has 148 valence electrons. The molecule has 5 rings (SSSR count). The van der Waals surface area contributed by atoms with E-state index >= 15 is 0 Å². The zero-order chi connectivity index (χ0) is 20.8. The molecule has 0 bridgehead atoms. The topological polar surface area (TPSA) is 65.1 Å². The number of fused-ring (bicyclic) bond motifs is 2. The van der Waals surface area contributed by atoms with E-state index in [1.807, 2.05) is 25.1 Å². The van der Waals surface area contributed by atoms with Crippen LogP contribution >= 0.6 is 11.3 Å². The highest BCUT2D eigenvalue weighted by molar-refractivity contribution is 7.19. The molecular formula is C23H15FN2O3S. The van der Waals surface area contributed by atoms with Gasteiger partial charge in [-0.05, 0) is 36.8 Å². The predicted molar refractivity (Wildman–Crippen MR) is 115 cm³/mol. The Labute approximate surface area is 174 Å². The van der Waals surface area contributed by atoms with Crippen LogP contribution in [0.2, 0.25) is 0 Å². The van der Waals surface area contributed by atoms with Gasteiger partial charge in [0.05, 0.1) is 18.3 Å². The largest absolute Gasteiger partial charge is 0.453 e. The lowest BCUT2D eigenvalue weighted by atomic mass is 10.0. The highest BCUT2D eigenvalue weighted by atomic mass is 32.1. The molecule has 0 spiro atoms. The van der Waals surface area contributed by atoms with Gasteiger partial charge < -0.3 is 4.42 Å². The number of para-hydroxylation sites is 1. The fourth-order valence-corrected chi connectivity index (χ4v) is 4.57. The Morgan fingerprint density at radius 1 is 1.17 bits per heavy atom. The summed E-state index contributed by atoms with van der Waals surface area (Å²) < 4.78 is 20.3. The van der Waals surface area contributed by atoms with Crippen molar-refractivity contribution < 1.29 is 13.6 Å². The number of aromatic nitrogens is 2. The number of rotatable bonds is 4. The van der Waals surface area contributed by atoms with Crippen LogP contribution < -0.4 is 5.56 Å². The van der Waals surface area contributed by atoms with E-state index in [1.54, 1.807) is 24.3 Å². The number of halogens is 1. The average Bonchev–Trinajstić information content (AvgIpc) is 3.32. The summed E-state index contributed by atoms with van der Waals surface area (Å²) >= 11 is 1.40. The third kappa shape index (κ3) is 3.04. The minimum absolute atomic E-state index is 0.181. The Balaban J connectivity index is 1.57. The SMILES string of the molecule is Cc1sc2ncn(CC(=O)c3cc4ccccc4o3)c(=O)c2c1-c1ccc(F)cc1. The van der Waals surface area contributed by atoms with Gasteiger partial charge in [0.2, 0.25) is 5.78 Å². The van der Waals surface area contributed by atoms with Crippen LogP contribution in [-0.4, -0.2) is 15.3 Å². The highest BCUT2D eigenvalue weighted by Crippen LogP contribution is 2.35. The Kier molecular flexibility index (Phi) is 4.33. The standard InChI is InChI=1S/C23H15FN2O3S/c1-13-20(14-6-8-16(24)9-7-14)21-22(30-13)25-12-26(23(21)28)11-17(27)19-10-15-4-2-3-5-18(15)29-19/h2-10,12H,11H2,1H3. The van der Waals surface area contributed by atoms with Crippen molar-refractivity contribution in [2.24, 2.45) is 0 Å². The highest BCUT2D eigenvalue weighted by Gasteiger charge is 2.19. The quantitative estimate of drug-likeness (QED) is 0.376. The van der Waals surface area contributed by atoms with Crippen molar-refractivity contribution in [1.82, 2.24) is 9.55 Å². The molecule has 0 unspecified atom stereocenters. The predicted octanol–water partition coefficient (Wildman–Crippen LogP) is 5.20. The summed E-state index contributed by atoms with van der Waals surface area (Å²) in [5.74, 6) is -0.462. The number of benzene rings is 2. The zero-order valence-electron chi connectivity index (χ0n) is 15.9. The second kappa shape index (κ2) is 7.03. The first kappa shape index (κ1) is 18.4. The summed E-state index contributed by atoms with van der Waals surface area (Å²) in [6, 6.07) is 15.0. The van der Waals surface area contributed by atoms with E-state index in [0.29, 0.717) is 15.8 Å². The number of ketones is 1. The van der Waals surface area contributed by atoms with Crippen molar-refractivity contribution in [2.45, 2.75) is 13.5 Å². The number of aryl methyl sites for hydroxylation is 1. The van der Waals surface area contributed by atoms with Crippen LogP contribution in [0.3, 0.4) is 0 Å². The molecule has 0 saturated carbocycles. The first-order valence-electron chi connectivity index (χ1n) is 9.27. The van der Waals surface area contributed by atoms with Crippen LogP contribution in [0.5, 0.6) is 0 Å². The average molecular weight is 418 g/mol. The van der Waals surface area contributed by atoms with Gasteiger partial charge in [-0.1, -0.05) is 30.3 Å². The van der Waals surface area contributed by atoms with E-state index < -0.39 is 0 Å². The van der Waals surface area contributed by atoms with Crippen LogP contribution in [0, 0.1) is 12.7 Å². The molecule has 0 aliphatic heterocycles. The van der Waals surface area contributed by atoms with Gasteiger partial charge in [-0.3, -0.25) is 14.2 Å². The lowest BCUT2D eigenvalue weighted by Gasteiger charge is -2.05. The molecule has 0 amide bonds. The Bertz CT molecular complexity index is 1450. The molecule has 0 radical (unpaired) electrons. The zero-order valence-corrected chi connectivity index (χ0v) is 16.7. The Morgan fingerprint density at radius 2 is 1.93 bits per heavy atom. The van der Waals surface area contributed by atoms with Gasteiger partial charge in [-0.25, -0.2) is 9.37 Å². The van der Waals surface area contributed by atoms with E-state index in [1.165, 1.54) is 34.4 Å². The third-order valence-corrected chi connectivity index (χ3v) is 6.02. The number of hydrogen-bond acceptors (Lipinski definition) is 5. The number of carbonyl (C=O) groups excluding carboxylic acids is 1. The lowest BCUT2D eigenvalue weighted by molar-refractivity contribution is 0.0945. The van der Waals surface area contributed by atoms with Crippen molar-refractivity contribution in [3.63, 3.8) is 0 Å². The maximum atomic E-state index is 13.3. The monoisotopic (exact) mass is 418 g/mol. The van der Waals surface area contributed by atoms with E-state index in [-0.39, 0.29) is 29.5 Å². The Hall–Kier alpha value is -3.58. The summed E-state index contributed by atoms with van der Waals surface area (Å²) in [5, 5.41) is 1.26. The summed E-state index contributed by atoms with van der Waals surface area (Å²) in [6.07, 6.45) is 1.38. The fraction of sp³-hybridized carbons (Fsp3) is 0.0870. The van der Waals surface area contributed by atoms with E-state index in [0.717, 1.165) is 21.4 Å². The summed E-state index contributed by atoms with van der Waals surface area (Å²) in [5.41, 5.74) is 1.76. The van der Waals surface area contributed by atoms with Crippen LogP contribution in [0.4, 0.5) is 4.39 Å². The molecule has 0 N–H and O–H groups in total. The van der Waals surface area contributed by atoms with Crippen molar-refractivity contribution in [3.8, 4) is 11.1 Å². The molecule has 2 aromatic carbocycles. The third-order valence-electron chi connectivity index (χ3n) is 5.00. The van der Waals surface area contributed by atoms with Crippen molar-refractivity contribution >= 4 is 38.3 Å².